The van der Waals surface area contributed by atoms with Crippen molar-refractivity contribution in [3.63, 3.8) is 0 Å². The van der Waals surface area contributed by atoms with Crippen LogP contribution in [0.15, 0.2) is 0 Å². The smallest absolute Gasteiger partial charge is 0.143 e. The van der Waals surface area contributed by atoms with E-state index in [0.29, 0.717) is 24.3 Å². The minimum atomic E-state index is 0.299. The van der Waals surface area contributed by atoms with E-state index in [9.17, 15) is 4.79 Å². The molecule has 2 nitrogen and oxygen atoms in total. The van der Waals surface area contributed by atoms with Crippen molar-refractivity contribution in [3.8, 4) is 0 Å². The van der Waals surface area contributed by atoms with E-state index in [0.717, 1.165) is 6.54 Å². The highest BCUT2D eigenvalue weighted by molar-refractivity contribution is 5.77. The van der Waals surface area contributed by atoms with E-state index in [1.807, 2.05) is 0 Å². The average molecular weight is 183 g/mol. The Bertz CT molecular complexity index is 177. The maximum Gasteiger partial charge on any atom is 0.143 e. The normalized spacial score (nSPS) is 25.1. The Morgan fingerprint density at radius 2 is 2.15 bits per heavy atom. The first-order valence-electron chi connectivity index (χ1n) is 5.34. The van der Waals surface area contributed by atoms with Gasteiger partial charge in [-0.1, -0.05) is 20.3 Å². The van der Waals surface area contributed by atoms with Crippen LogP contribution in [0.3, 0.4) is 0 Å². The van der Waals surface area contributed by atoms with Crippen LogP contribution in [-0.2, 0) is 4.79 Å². The molecule has 1 atom stereocenters. The van der Waals surface area contributed by atoms with Crippen LogP contribution in [0.2, 0.25) is 0 Å². The molecule has 0 aromatic carbocycles. The molecule has 1 unspecified atom stereocenters. The summed E-state index contributed by atoms with van der Waals surface area (Å²) in [7, 11) is 0. The fourth-order valence-electron chi connectivity index (χ4n) is 2.25. The van der Waals surface area contributed by atoms with E-state index in [1.54, 1.807) is 6.92 Å². The van der Waals surface area contributed by atoms with Gasteiger partial charge in [-0.25, -0.2) is 0 Å². The standard InChI is InChI=1S/C11H21NO/c1-9(2)11-6-4-5-7-12(11)8-10(3)13/h9,11H,4-8H2,1-3H3. The minimum Gasteiger partial charge on any atom is -0.299 e. The zero-order chi connectivity index (χ0) is 9.84. The van der Waals surface area contributed by atoms with E-state index in [4.69, 9.17) is 0 Å². The molecule has 2 heteroatoms. The van der Waals surface area contributed by atoms with E-state index < -0.39 is 0 Å². The number of ketones is 1. The maximum atomic E-state index is 11.0. The van der Waals surface area contributed by atoms with Crippen LogP contribution in [0.25, 0.3) is 0 Å². The average Bonchev–Trinajstić information content (AvgIpc) is 2.03. The molecule has 1 aliphatic heterocycles. The number of carbonyl (C=O) groups is 1. The Labute approximate surface area is 81.3 Å². The summed E-state index contributed by atoms with van der Waals surface area (Å²) in [4.78, 5) is 13.4. The van der Waals surface area contributed by atoms with E-state index in [2.05, 4.69) is 18.7 Å². The molecule has 0 amide bonds. The van der Waals surface area contributed by atoms with Gasteiger partial charge in [0.2, 0.25) is 0 Å². The van der Waals surface area contributed by atoms with Gasteiger partial charge in [0.05, 0.1) is 6.54 Å². The van der Waals surface area contributed by atoms with Crippen LogP contribution in [0.1, 0.15) is 40.0 Å². The molecule has 13 heavy (non-hydrogen) atoms. The molecular weight excluding hydrogens is 162 g/mol. The van der Waals surface area contributed by atoms with Gasteiger partial charge in [-0.3, -0.25) is 9.69 Å². The number of hydrogen-bond donors (Lipinski definition) is 0. The Morgan fingerprint density at radius 3 is 2.69 bits per heavy atom. The maximum absolute atomic E-state index is 11.0. The molecule has 0 aliphatic carbocycles. The number of piperidine rings is 1. The molecule has 1 heterocycles. The van der Waals surface area contributed by atoms with Crippen LogP contribution in [-0.4, -0.2) is 29.8 Å². The van der Waals surface area contributed by atoms with Crippen molar-refractivity contribution in [3.05, 3.63) is 0 Å². The summed E-state index contributed by atoms with van der Waals surface area (Å²) >= 11 is 0. The van der Waals surface area contributed by atoms with Gasteiger partial charge in [0.25, 0.3) is 0 Å². The summed E-state index contributed by atoms with van der Waals surface area (Å²) in [6.07, 6.45) is 3.86. The molecule has 0 radical (unpaired) electrons. The van der Waals surface area contributed by atoms with Crippen LogP contribution < -0.4 is 0 Å². The highest BCUT2D eigenvalue weighted by atomic mass is 16.1. The fourth-order valence-corrected chi connectivity index (χ4v) is 2.25. The predicted octanol–water partition coefficient (Wildman–Crippen LogP) is 2.09. The SMILES string of the molecule is CC(=O)CN1CCCCC1C(C)C. The summed E-state index contributed by atoms with van der Waals surface area (Å²) < 4.78 is 0. The Hall–Kier alpha value is -0.370. The zero-order valence-electron chi connectivity index (χ0n) is 9.05. The second-order valence-corrected chi connectivity index (χ2v) is 4.48. The molecule has 0 spiro atoms. The van der Waals surface area contributed by atoms with Crippen LogP contribution >= 0.6 is 0 Å². The fraction of sp³-hybridized carbons (Fsp3) is 0.909. The molecule has 1 fully saturated rings. The summed E-state index contributed by atoms with van der Waals surface area (Å²) in [5, 5.41) is 0. The molecule has 1 saturated heterocycles. The number of likely N-dealkylation sites (tertiary alicyclic amines) is 1. The number of carbonyl (C=O) groups excluding carboxylic acids is 1. The molecule has 0 saturated carbocycles. The van der Waals surface area contributed by atoms with Crippen molar-refractivity contribution in [1.29, 1.82) is 0 Å². The van der Waals surface area contributed by atoms with Gasteiger partial charge in [0, 0.05) is 6.04 Å². The van der Waals surface area contributed by atoms with Crippen molar-refractivity contribution < 1.29 is 4.79 Å². The van der Waals surface area contributed by atoms with Gasteiger partial charge < -0.3 is 0 Å². The molecule has 0 aromatic heterocycles. The van der Waals surface area contributed by atoms with Gasteiger partial charge in [-0.15, -0.1) is 0 Å². The van der Waals surface area contributed by atoms with Gasteiger partial charge >= 0.3 is 0 Å². The lowest BCUT2D eigenvalue weighted by Crippen LogP contribution is -2.44. The third-order valence-corrected chi connectivity index (χ3v) is 2.86. The van der Waals surface area contributed by atoms with Gasteiger partial charge in [-0.05, 0) is 32.2 Å². The highest BCUT2D eigenvalue weighted by Crippen LogP contribution is 2.22. The topological polar surface area (TPSA) is 20.3 Å². The van der Waals surface area contributed by atoms with Gasteiger partial charge in [0.15, 0.2) is 0 Å². The lowest BCUT2D eigenvalue weighted by Gasteiger charge is -2.37. The molecule has 76 valence electrons. The largest absolute Gasteiger partial charge is 0.299 e. The molecular formula is C11H21NO. The van der Waals surface area contributed by atoms with Crippen molar-refractivity contribution in [2.75, 3.05) is 13.1 Å². The van der Waals surface area contributed by atoms with E-state index in [1.165, 1.54) is 19.3 Å². The molecule has 0 bridgehead atoms. The van der Waals surface area contributed by atoms with Gasteiger partial charge in [-0.2, -0.15) is 0 Å². The van der Waals surface area contributed by atoms with Crippen molar-refractivity contribution >= 4 is 5.78 Å². The van der Waals surface area contributed by atoms with Gasteiger partial charge in [0.1, 0.15) is 5.78 Å². The third-order valence-electron chi connectivity index (χ3n) is 2.86. The summed E-state index contributed by atoms with van der Waals surface area (Å²) in [5.74, 6) is 0.979. The highest BCUT2D eigenvalue weighted by Gasteiger charge is 2.25. The van der Waals surface area contributed by atoms with Crippen molar-refractivity contribution in [2.45, 2.75) is 46.1 Å². The Balaban J connectivity index is 2.51. The monoisotopic (exact) mass is 183 g/mol. The van der Waals surface area contributed by atoms with Crippen molar-refractivity contribution in [1.82, 2.24) is 4.90 Å². The van der Waals surface area contributed by atoms with E-state index in [-0.39, 0.29) is 0 Å². The minimum absolute atomic E-state index is 0.299. The second-order valence-electron chi connectivity index (χ2n) is 4.48. The predicted molar refractivity (Wildman–Crippen MR) is 54.7 cm³/mol. The molecule has 0 aromatic rings. The van der Waals surface area contributed by atoms with Crippen molar-refractivity contribution in [2.24, 2.45) is 5.92 Å². The number of hydrogen-bond acceptors (Lipinski definition) is 2. The lowest BCUT2D eigenvalue weighted by atomic mass is 9.92. The second kappa shape index (κ2) is 4.75. The summed E-state index contributed by atoms with van der Waals surface area (Å²) in [6, 6.07) is 0.637. The molecule has 1 aliphatic rings. The van der Waals surface area contributed by atoms with E-state index >= 15 is 0 Å². The summed E-state index contributed by atoms with van der Waals surface area (Å²) in [6.45, 7) is 7.96. The third kappa shape index (κ3) is 3.11. The molecule has 0 N–H and O–H groups in total. The Kier molecular flexibility index (Phi) is 3.91. The quantitative estimate of drug-likeness (QED) is 0.667. The molecule has 1 rings (SSSR count). The zero-order valence-corrected chi connectivity index (χ0v) is 9.05. The van der Waals surface area contributed by atoms with Crippen LogP contribution in [0, 0.1) is 5.92 Å². The van der Waals surface area contributed by atoms with Crippen LogP contribution in [0.5, 0.6) is 0 Å². The number of Topliss-reactive ketones (excluding diaryl/α,β-unsaturated/α-hetero) is 1. The lowest BCUT2D eigenvalue weighted by molar-refractivity contribution is -0.119. The first kappa shape index (κ1) is 10.7. The Morgan fingerprint density at radius 1 is 1.46 bits per heavy atom. The first-order chi connectivity index (χ1) is 6.11. The number of nitrogens with zero attached hydrogens (tertiary/aromatic N) is 1. The first-order valence-corrected chi connectivity index (χ1v) is 5.34. The van der Waals surface area contributed by atoms with Crippen LogP contribution in [0.4, 0.5) is 0 Å². The summed E-state index contributed by atoms with van der Waals surface area (Å²) in [5.41, 5.74) is 0. The number of rotatable bonds is 3.